The minimum absolute atomic E-state index is 0.532. The molecule has 1 saturated heterocycles. The van der Waals surface area contributed by atoms with Gasteiger partial charge in [-0.3, -0.25) is 0 Å². The molecule has 1 rings (SSSR count). The molecule has 2 atom stereocenters. The van der Waals surface area contributed by atoms with E-state index < -0.39 is 0 Å². The van der Waals surface area contributed by atoms with Crippen molar-refractivity contribution in [3.05, 3.63) is 0 Å². The van der Waals surface area contributed by atoms with Gasteiger partial charge >= 0.3 is 0 Å². The van der Waals surface area contributed by atoms with Gasteiger partial charge in [0.15, 0.2) is 0 Å². The van der Waals surface area contributed by atoms with E-state index in [0.717, 1.165) is 11.8 Å². The van der Waals surface area contributed by atoms with E-state index in [9.17, 15) is 0 Å². The van der Waals surface area contributed by atoms with Crippen LogP contribution in [0.15, 0.2) is 0 Å². The van der Waals surface area contributed by atoms with Crippen molar-refractivity contribution in [2.45, 2.75) is 34.1 Å². The van der Waals surface area contributed by atoms with Crippen LogP contribution < -0.4 is 0 Å². The van der Waals surface area contributed by atoms with Crippen LogP contribution in [0.2, 0.25) is 0 Å². The number of hydrogen-bond donors (Lipinski definition) is 0. The van der Waals surface area contributed by atoms with Gasteiger partial charge in [0.25, 0.3) is 0 Å². The van der Waals surface area contributed by atoms with E-state index in [2.05, 4.69) is 39.5 Å². The molecule has 0 aromatic heterocycles. The predicted molar refractivity (Wildman–Crippen MR) is 54.1 cm³/mol. The Morgan fingerprint density at radius 2 is 1.91 bits per heavy atom. The van der Waals surface area contributed by atoms with Crippen molar-refractivity contribution < 1.29 is 0 Å². The summed E-state index contributed by atoms with van der Waals surface area (Å²) in [6.07, 6.45) is 1.40. The van der Waals surface area contributed by atoms with Gasteiger partial charge in [0.2, 0.25) is 0 Å². The van der Waals surface area contributed by atoms with Crippen molar-refractivity contribution in [2.75, 3.05) is 11.5 Å². The van der Waals surface area contributed by atoms with Crippen molar-refractivity contribution in [1.82, 2.24) is 0 Å². The van der Waals surface area contributed by atoms with E-state index in [1.165, 1.54) is 17.9 Å². The van der Waals surface area contributed by atoms with Crippen molar-refractivity contribution >= 4 is 11.8 Å². The highest BCUT2D eigenvalue weighted by molar-refractivity contribution is 7.99. The Morgan fingerprint density at radius 1 is 1.27 bits per heavy atom. The molecule has 0 aromatic rings. The summed E-state index contributed by atoms with van der Waals surface area (Å²) in [4.78, 5) is 0. The monoisotopic (exact) mass is 172 g/mol. The number of hydrogen-bond acceptors (Lipinski definition) is 1. The van der Waals surface area contributed by atoms with Gasteiger partial charge in [-0.15, -0.1) is 0 Å². The first-order valence-corrected chi connectivity index (χ1v) is 5.72. The Hall–Kier alpha value is 0.350. The van der Waals surface area contributed by atoms with Crippen LogP contribution in [0.1, 0.15) is 34.1 Å². The zero-order chi connectivity index (χ0) is 8.48. The Labute approximate surface area is 75.1 Å². The topological polar surface area (TPSA) is 0 Å². The maximum absolute atomic E-state index is 2.40. The molecular weight excluding hydrogens is 152 g/mol. The molecule has 0 nitrogen and oxygen atoms in total. The van der Waals surface area contributed by atoms with E-state index in [0.29, 0.717) is 5.41 Å². The number of thioether (sulfide) groups is 1. The molecule has 0 bridgehead atoms. The van der Waals surface area contributed by atoms with Gasteiger partial charge in [0, 0.05) is 0 Å². The SMILES string of the molecule is C[C@H]1CSC[C@@H]1CC(C)(C)C. The predicted octanol–water partition coefficient (Wildman–Crippen LogP) is 3.42. The molecule has 1 aliphatic heterocycles. The van der Waals surface area contributed by atoms with E-state index in [4.69, 9.17) is 0 Å². The maximum atomic E-state index is 2.40. The first-order valence-electron chi connectivity index (χ1n) is 4.57. The van der Waals surface area contributed by atoms with Crippen LogP contribution in [-0.2, 0) is 0 Å². The summed E-state index contributed by atoms with van der Waals surface area (Å²) in [5.41, 5.74) is 0.532. The van der Waals surface area contributed by atoms with Crippen LogP contribution in [0.5, 0.6) is 0 Å². The van der Waals surface area contributed by atoms with Crippen LogP contribution in [0.3, 0.4) is 0 Å². The molecule has 1 heteroatoms. The standard InChI is InChI=1S/C10H20S/c1-8-6-11-7-9(8)5-10(2,3)4/h8-9H,5-7H2,1-4H3/t8-,9-/m0/s1. The molecule has 0 aliphatic carbocycles. The summed E-state index contributed by atoms with van der Waals surface area (Å²) >= 11 is 2.13. The molecule has 1 aliphatic rings. The molecule has 0 saturated carbocycles. The van der Waals surface area contributed by atoms with E-state index in [1.807, 2.05) is 0 Å². The molecule has 0 amide bonds. The molecule has 1 heterocycles. The van der Waals surface area contributed by atoms with Crippen molar-refractivity contribution in [1.29, 1.82) is 0 Å². The molecule has 0 N–H and O–H groups in total. The smallest absolute Gasteiger partial charge is 0.00360 e. The van der Waals surface area contributed by atoms with Gasteiger partial charge < -0.3 is 0 Å². The minimum atomic E-state index is 0.532. The third-order valence-corrected chi connectivity index (χ3v) is 3.82. The zero-order valence-corrected chi connectivity index (χ0v) is 9.00. The lowest BCUT2D eigenvalue weighted by molar-refractivity contribution is 0.273. The van der Waals surface area contributed by atoms with Gasteiger partial charge in [0.1, 0.15) is 0 Å². The fourth-order valence-electron chi connectivity index (χ4n) is 1.75. The van der Waals surface area contributed by atoms with Crippen molar-refractivity contribution in [3.63, 3.8) is 0 Å². The van der Waals surface area contributed by atoms with Gasteiger partial charge in [0.05, 0.1) is 0 Å². The van der Waals surface area contributed by atoms with Crippen molar-refractivity contribution in [3.8, 4) is 0 Å². The van der Waals surface area contributed by atoms with Crippen LogP contribution >= 0.6 is 11.8 Å². The van der Waals surface area contributed by atoms with Gasteiger partial charge in [-0.25, -0.2) is 0 Å². The van der Waals surface area contributed by atoms with Crippen LogP contribution in [-0.4, -0.2) is 11.5 Å². The Kier molecular flexibility index (Phi) is 2.90. The molecule has 66 valence electrons. The van der Waals surface area contributed by atoms with E-state index in [-0.39, 0.29) is 0 Å². The quantitative estimate of drug-likeness (QED) is 0.584. The average molecular weight is 172 g/mol. The van der Waals surface area contributed by atoms with Crippen LogP contribution in [0.4, 0.5) is 0 Å². The first kappa shape index (κ1) is 9.44. The maximum Gasteiger partial charge on any atom is -0.00360 e. The van der Waals surface area contributed by atoms with Crippen molar-refractivity contribution in [2.24, 2.45) is 17.3 Å². The molecule has 0 spiro atoms. The van der Waals surface area contributed by atoms with Gasteiger partial charge in [-0.1, -0.05) is 27.7 Å². The average Bonchev–Trinajstić information content (AvgIpc) is 2.12. The largest absolute Gasteiger partial charge is 0.161 e. The lowest BCUT2D eigenvalue weighted by Crippen LogP contribution is -2.17. The molecule has 0 unspecified atom stereocenters. The second-order valence-electron chi connectivity index (χ2n) is 5.04. The third-order valence-electron chi connectivity index (χ3n) is 2.39. The summed E-state index contributed by atoms with van der Waals surface area (Å²) in [6.45, 7) is 9.45. The second-order valence-corrected chi connectivity index (χ2v) is 6.11. The first-order chi connectivity index (χ1) is 4.99. The Bertz CT molecular complexity index is 123. The second kappa shape index (κ2) is 3.38. The fourth-order valence-corrected chi connectivity index (χ4v) is 3.28. The third kappa shape index (κ3) is 3.06. The normalized spacial score (nSPS) is 32.7. The lowest BCUT2D eigenvalue weighted by atomic mass is 9.81. The highest BCUT2D eigenvalue weighted by atomic mass is 32.2. The molecule has 0 radical (unpaired) electrons. The Balaban J connectivity index is 2.37. The minimum Gasteiger partial charge on any atom is -0.161 e. The summed E-state index contributed by atoms with van der Waals surface area (Å²) in [5, 5.41) is 0. The highest BCUT2D eigenvalue weighted by Crippen LogP contribution is 2.37. The van der Waals surface area contributed by atoms with Gasteiger partial charge in [-0.2, -0.15) is 11.8 Å². The van der Waals surface area contributed by atoms with Gasteiger partial charge in [-0.05, 0) is 35.2 Å². The molecule has 1 fully saturated rings. The van der Waals surface area contributed by atoms with Crippen LogP contribution in [0, 0.1) is 17.3 Å². The summed E-state index contributed by atoms with van der Waals surface area (Å²) in [7, 11) is 0. The summed E-state index contributed by atoms with van der Waals surface area (Å²) in [5.74, 6) is 4.73. The summed E-state index contributed by atoms with van der Waals surface area (Å²) in [6, 6.07) is 0. The Morgan fingerprint density at radius 3 is 2.27 bits per heavy atom. The van der Waals surface area contributed by atoms with E-state index >= 15 is 0 Å². The number of rotatable bonds is 1. The zero-order valence-electron chi connectivity index (χ0n) is 8.18. The molecule has 0 aromatic carbocycles. The summed E-state index contributed by atoms with van der Waals surface area (Å²) < 4.78 is 0. The fraction of sp³-hybridized carbons (Fsp3) is 1.00. The highest BCUT2D eigenvalue weighted by Gasteiger charge is 2.27. The van der Waals surface area contributed by atoms with E-state index in [1.54, 1.807) is 0 Å². The molecular formula is C10H20S. The van der Waals surface area contributed by atoms with Crippen LogP contribution in [0.25, 0.3) is 0 Å². The lowest BCUT2D eigenvalue weighted by Gasteiger charge is -2.24. The molecule has 11 heavy (non-hydrogen) atoms.